The summed E-state index contributed by atoms with van der Waals surface area (Å²) in [6.07, 6.45) is -4.74. The summed E-state index contributed by atoms with van der Waals surface area (Å²) in [5.74, 6) is -1.36. The highest BCUT2D eigenvalue weighted by Gasteiger charge is 2.31. The highest BCUT2D eigenvalue weighted by molar-refractivity contribution is 5.69. The number of aromatic hydroxyl groups is 1. The highest BCUT2D eigenvalue weighted by Crippen LogP contribution is 2.32. The number of carboxylic acid groups (broad SMARTS) is 1. The van der Waals surface area contributed by atoms with E-state index in [0.717, 1.165) is 6.07 Å². The van der Waals surface area contributed by atoms with Gasteiger partial charge in [0.25, 0.3) is 0 Å². The molecule has 9 heteroatoms. The molecule has 0 saturated carbocycles. The zero-order valence-corrected chi connectivity index (χ0v) is 13.8. The van der Waals surface area contributed by atoms with Crippen LogP contribution in [0.2, 0.25) is 0 Å². The lowest BCUT2D eigenvalue weighted by Crippen LogP contribution is -2.47. The molecule has 140 valence electrons. The van der Waals surface area contributed by atoms with Crippen molar-refractivity contribution in [1.82, 2.24) is 9.80 Å². The maximum absolute atomic E-state index is 12.8. The molecule has 2 rings (SSSR count). The molecule has 1 fully saturated rings. The van der Waals surface area contributed by atoms with E-state index in [1.54, 1.807) is 11.9 Å². The van der Waals surface area contributed by atoms with Gasteiger partial charge in [0, 0.05) is 26.2 Å². The Kier molecular flexibility index (Phi) is 6.26. The number of carbonyl (C=O) groups is 1. The Morgan fingerprint density at radius 1 is 1.40 bits per heavy atom. The Labute approximate surface area is 143 Å². The number of ether oxygens (including phenoxy) is 1. The molecule has 1 aromatic carbocycles. The molecule has 1 saturated heterocycles. The largest absolute Gasteiger partial charge is 0.508 e. The number of hydrogen-bond acceptors (Lipinski definition) is 5. The van der Waals surface area contributed by atoms with Gasteiger partial charge in [-0.05, 0) is 30.8 Å². The lowest BCUT2D eigenvalue weighted by Gasteiger charge is -2.34. The molecule has 0 aliphatic carbocycles. The van der Waals surface area contributed by atoms with Gasteiger partial charge < -0.3 is 14.9 Å². The fourth-order valence-electron chi connectivity index (χ4n) is 2.86. The van der Waals surface area contributed by atoms with Crippen molar-refractivity contribution in [3.8, 4) is 5.75 Å². The minimum Gasteiger partial charge on any atom is -0.508 e. The molecular weight excluding hydrogens is 341 g/mol. The number of nitrogens with zero attached hydrogens (tertiary/aromatic N) is 2. The average Bonchev–Trinajstić information content (AvgIpc) is 2.45. The molecule has 0 bridgehead atoms. The molecule has 1 aromatic rings. The molecule has 1 heterocycles. The van der Waals surface area contributed by atoms with Gasteiger partial charge >= 0.3 is 12.1 Å². The monoisotopic (exact) mass is 362 g/mol. The number of benzene rings is 1. The van der Waals surface area contributed by atoms with Crippen LogP contribution in [-0.4, -0.2) is 71.9 Å². The van der Waals surface area contributed by atoms with E-state index in [1.165, 1.54) is 6.07 Å². The van der Waals surface area contributed by atoms with Gasteiger partial charge in [-0.3, -0.25) is 14.6 Å². The van der Waals surface area contributed by atoms with Crippen LogP contribution < -0.4 is 0 Å². The fourth-order valence-corrected chi connectivity index (χ4v) is 2.86. The fraction of sp³-hybridized carbons (Fsp3) is 0.562. The van der Waals surface area contributed by atoms with Crippen molar-refractivity contribution in [1.29, 1.82) is 0 Å². The molecular formula is C16H21F3N2O4. The number of alkyl halides is 3. The Hall–Kier alpha value is -1.84. The Bertz CT molecular complexity index is 610. The summed E-state index contributed by atoms with van der Waals surface area (Å²) in [5.41, 5.74) is -0.514. The van der Waals surface area contributed by atoms with Gasteiger partial charge in [-0.1, -0.05) is 0 Å². The van der Waals surface area contributed by atoms with E-state index in [0.29, 0.717) is 37.9 Å². The second kappa shape index (κ2) is 8.03. The van der Waals surface area contributed by atoms with Crippen molar-refractivity contribution >= 4 is 5.97 Å². The number of rotatable bonds is 6. The van der Waals surface area contributed by atoms with Crippen molar-refractivity contribution in [3.05, 3.63) is 29.3 Å². The van der Waals surface area contributed by atoms with Crippen molar-refractivity contribution in [2.24, 2.45) is 0 Å². The molecule has 1 aliphatic rings. The highest BCUT2D eigenvalue weighted by atomic mass is 19.4. The van der Waals surface area contributed by atoms with E-state index in [1.807, 2.05) is 4.90 Å². The van der Waals surface area contributed by atoms with Crippen LogP contribution in [0.3, 0.4) is 0 Å². The van der Waals surface area contributed by atoms with E-state index in [9.17, 15) is 23.1 Å². The summed E-state index contributed by atoms with van der Waals surface area (Å²) >= 11 is 0. The zero-order chi connectivity index (χ0) is 18.6. The molecule has 0 spiro atoms. The zero-order valence-electron chi connectivity index (χ0n) is 13.8. The number of carboxylic acids is 1. The minimum absolute atomic E-state index is 0.110. The van der Waals surface area contributed by atoms with Gasteiger partial charge in [0.05, 0.1) is 24.8 Å². The predicted molar refractivity (Wildman–Crippen MR) is 83.3 cm³/mol. The predicted octanol–water partition coefficient (Wildman–Crippen LogP) is 1.63. The summed E-state index contributed by atoms with van der Waals surface area (Å²) in [6.45, 7) is 1.99. The van der Waals surface area contributed by atoms with Crippen LogP contribution in [-0.2, 0) is 22.3 Å². The number of halogens is 3. The van der Waals surface area contributed by atoms with Crippen LogP contribution >= 0.6 is 0 Å². The second-order valence-electron chi connectivity index (χ2n) is 6.20. The smallest absolute Gasteiger partial charge is 0.416 e. The first-order valence-corrected chi connectivity index (χ1v) is 7.78. The molecule has 1 atom stereocenters. The summed E-state index contributed by atoms with van der Waals surface area (Å²) in [7, 11) is 1.67. The number of aliphatic carboxylic acids is 1. The normalized spacial score (nSPS) is 19.3. The molecule has 0 amide bonds. The van der Waals surface area contributed by atoms with Crippen molar-refractivity contribution < 1.29 is 32.9 Å². The quantitative estimate of drug-likeness (QED) is 0.801. The summed E-state index contributed by atoms with van der Waals surface area (Å²) in [5, 5.41) is 18.3. The third-order valence-electron chi connectivity index (χ3n) is 3.85. The number of phenolic OH excluding ortho intramolecular Hbond substituents is 1. The summed E-state index contributed by atoms with van der Waals surface area (Å²) in [4.78, 5) is 14.2. The van der Waals surface area contributed by atoms with Crippen LogP contribution in [0.25, 0.3) is 0 Å². The lowest BCUT2D eigenvalue weighted by atomic mass is 10.1. The first-order valence-electron chi connectivity index (χ1n) is 7.78. The molecule has 6 nitrogen and oxygen atoms in total. The van der Waals surface area contributed by atoms with E-state index in [4.69, 9.17) is 9.84 Å². The lowest BCUT2D eigenvalue weighted by molar-refractivity contribution is -0.139. The van der Waals surface area contributed by atoms with Crippen LogP contribution in [0.4, 0.5) is 13.2 Å². The Balaban J connectivity index is 1.98. The van der Waals surface area contributed by atoms with E-state index in [-0.39, 0.29) is 19.2 Å². The van der Waals surface area contributed by atoms with E-state index >= 15 is 0 Å². The average molecular weight is 362 g/mol. The standard InChI is InChI=1S/C16H21F3N2O4/c1-20(10-15(23)24)8-14-9-21(2-3-25-14)7-11-4-12(16(17,18)19)6-13(22)5-11/h4-6,14,22H,2-3,7-10H2,1H3,(H,23,24). The van der Waals surface area contributed by atoms with Crippen LogP contribution in [0, 0.1) is 0 Å². The maximum atomic E-state index is 12.8. The number of morpholine rings is 1. The molecule has 25 heavy (non-hydrogen) atoms. The molecule has 0 aromatic heterocycles. The second-order valence-corrected chi connectivity index (χ2v) is 6.20. The SMILES string of the molecule is CN(CC(=O)O)CC1CN(Cc2cc(O)cc(C(F)(F)F)c2)CCO1. The first-order chi connectivity index (χ1) is 11.6. The van der Waals surface area contributed by atoms with Crippen LogP contribution in [0.5, 0.6) is 5.75 Å². The Morgan fingerprint density at radius 2 is 2.12 bits per heavy atom. The topological polar surface area (TPSA) is 73.2 Å². The van der Waals surface area contributed by atoms with Crippen LogP contribution in [0.15, 0.2) is 18.2 Å². The maximum Gasteiger partial charge on any atom is 0.416 e. The van der Waals surface area contributed by atoms with Gasteiger partial charge in [-0.2, -0.15) is 13.2 Å². The molecule has 1 aliphatic heterocycles. The van der Waals surface area contributed by atoms with E-state index in [2.05, 4.69) is 0 Å². The number of hydrogen-bond donors (Lipinski definition) is 2. The van der Waals surface area contributed by atoms with Gasteiger partial charge in [-0.25, -0.2) is 0 Å². The summed E-state index contributed by atoms with van der Waals surface area (Å²) in [6, 6.07) is 3.05. The van der Waals surface area contributed by atoms with Gasteiger partial charge in [-0.15, -0.1) is 0 Å². The first kappa shape index (κ1) is 19.5. The van der Waals surface area contributed by atoms with Crippen molar-refractivity contribution in [2.45, 2.75) is 18.8 Å². The molecule has 1 unspecified atom stereocenters. The molecule has 2 N–H and O–H groups in total. The minimum atomic E-state index is -4.51. The van der Waals surface area contributed by atoms with Crippen molar-refractivity contribution in [3.63, 3.8) is 0 Å². The number of likely N-dealkylation sites (N-methyl/N-ethyl adjacent to an activating group) is 1. The summed E-state index contributed by atoms with van der Waals surface area (Å²) < 4.78 is 44.1. The van der Waals surface area contributed by atoms with Gasteiger partial charge in [0.1, 0.15) is 5.75 Å². The third-order valence-corrected chi connectivity index (χ3v) is 3.85. The van der Waals surface area contributed by atoms with Gasteiger partial charge in [0.15, 0.2) is 0 Å². The van der Waals surface area contributed by atoms with Crippen LogP contribution in [0.1, 0.15) is 11.1 Å². The van der Waals surface area contributed by atoms with E-state index < -0.39 is 23.5 Å². The molecule has 0 radical (unpaired) electrons. The third kappa shape index (κ3) is 6.18. The number of phenols is 1. The Morgan fingerprint density at radius 3 is 2.76 bits per heavy atom. The van der Waals surface area contributed by atoms with Crippen molar-refractivity contribution in [2.75, 3.05) is 39.8 Å². The van der Waals surface area contributed by atoms with Gasteiger partial charge in [0.2, 0.25) is 0 Å².